The Morgan fingerprint density at radius 1 is 1.06 bits per heavy atom. The van der Waals surface area contributed by atoms with Gasteiger partial charge in [-0.05, 0) is 87.5 Å². The lowest BCUT2D eigenvalue weighted by Gasteiger charge is -2.13. The summed E-state index contributed by atoms with van der Waals surface area (Å²) < 4.78 is 7.89. The molecule has 8 heteroatoms. The van der Waals surface area contributed by atoms with E-state index in [0.717, 1.165) is 29.2 Å². The molecule has 0 fully saturated rings. The number of H-pyrrole nitrogens is 1. The highest BCUT2D eigenvalue weighted by Gasteiger charge is 2.15. The third kappa shape index (κ3) is 6.07. The number of amides is 1. The number of carbonyl (C=O) groups excluding carboxylic acids is 1. The van der Waals surface area contributed by atoms with E-state index < -0.39 is 5.91 Å². The van der Waals surface area contributed by atoms with Crippen LogP contribution in [0.5, 0.6) is 5.75 Å². The van der Waals surface area contributed by atoms with Gasteiger partial charge in [0.1, 0.15) is 24.0 Å². The van der Waals surface area contributed by atoms with Gasteiger partial charge < -0.3 is 15.0 Å². The fourth-order valence-corrected chi connectivity index (χ4v) is 5.84. The van der Waals surface area contributed by atoms with Gasteiger partial charge in [0.2, 0.25) is 0 Å². The number of nitrogens with zero attached hydrogens (tertiary/aromatic N) is 2. The van der Waals surface area contributed by atoms with Crippen LogP contribution in [-0.4, -0.2) is 17.4 Å². The number of halogens is 2. The molecule has 0 radical (unpaired) electrons. The second kappa shape index (κ2) is 12.1. The highest BCUT2D eigenvalue weighted by molar-refractivity contribution is 14.1. The first-order chi connectivity index (χ1) is 17.5. The van der Waals surface area contributed by atoms with Crippen LogP contribution in [0.3, 0.4) is 0 Å². The van der Waals surface area contributed by atoms with Crippen molar-refractivity contribution in [3.63, 3.8) is 0 Å². The van der Waals surface area contributed by atoms with Gasteiger partial charge in [0.15, 0.2) is 0 Å². The van der Waals surface area contributed by atoms with Crippen LogP contribution in [0.4, 0.5) is 0 Å². The lowest BCUT2D eigenvalue weighted by Crippen LogP contribution is -2.26. The fraction of sp³-hybridized carbons (Fsp3) is 0.107. The summed E-state index contributed by atoms with van der Waals surface area (Å²) in [4.78, 5) is 16.1. The van der Waals surface area contributed by atoms with Crippen LogP contribution in [0, 0.1) is 29.8 Å². The molecule has 1 amide bonds. The molecule has 4 rings (SSSR count). The predicted molar refractivity (Wildman–Crippen MR) is 156 cm³/mol. The van der Waals surface area contributed by atoms with Crippen LogP contribution < -0.4 is 10.1 Å². The van der Waals surface area contributed by atoms with Gasteiger partial charge in [0, 0.05) is 38.3 Å². The monoisotopic (exact) mass is 698 g/mol. The zero-order valence-electron chi connectivity index (χ0n) is 19.0. The van der Waals surface area contributed by atoms with Crippen molar-refractivity contribution in [2.75, 3.05) is 6.54 Å². The summed E-state index contributed by atoms with van der Waals surface area (Å²) in [5.41, 5.74) is 4.09. The predicted octanol–water partition coefficient (Wildman–Crippen LogP) is 6.09. The normalized spacial score (nSPS) is 11.1. The maximum atomic E-state index is 12.8. The molecule has 0 unspecified atom stereocenters. The van der Waals surface area contributed by atoms with Crippen LogP contribution >= 0.6 is 45.2 Å². The van der Waals surface area contributed by atoms with Crippen LogP contribution in [0.25, 0.3) is 17.0 Å². The van der Waals surface area contributed by atoms with E-state index in [-0.39, 0.29) is 12.2 Å². The molecule has 0 saturated carbocycles. The van der Waals surface area contributed by atoms with E-state index in [1.54, 1.807) is 18.2 Å². The second-order valence-electron chi connectivity index (χ2n) is 7.90. The summed E-state index contributed by atoms with van der Waals surface area (Å²) >= 11 is 4.36. The van der Waals surface area contributed by atoms with E-state index in [2.05, 4.69) is 61.6 Å². The van der Waals surface area contributed by atoms with Crippen molar-refractivity contribution >= 4 is 68.1 Å². The smallest absolute Gasteiger partial charge is 0.261 e. The van der Waals surface area contributed by atoms with Gasteiger partial charge in [0.05, 0.1) is 15.2 Å². The molecule has 0 aliphatic carbocycles. The number of nitriles is 2. The van der Waals surface area contributed by atoms with Crippen molar-refractivity contribution in [2.24, 2.45) is 0 Å². The Balaban J connectivity index is 1.50. The van der Waals surface area contributed by atoms with Crippen molar-refractivity contribution in [3.8, 4) is 17.9 Å². The zero-order chi connectivity index (χ0) is 25.5. The van der Waals surface area contributed by atoms with Crippen LogP contribution in [0.15, 0.2) is 72.4 Å². The fourth-order valence-electron chi connectivity index (χ4n) is 3.79. The van der Waals surface area contributed by atoms with Crippen LogP contribution in [0.1, 0.15) is 22.3 Å². The molecule has 0 spiro atoms. The van der Waals surface area contributed by atoms with Gasteiger partial charge in [-0.1, -0.05) is 36.4 Å². The Kier molecular flexibility index (Phi) is 8.62. The minimum absolute atomic E-state index is 0.00555. The van der Waals surface area contributed by atoms with E-state index in [4.69, 9.17) is 4.74 Å². The van der Waals surface area contributed by atoms with Crippen molar-refractivity contribution in [1.82, 2.24) is 10.3 Å². The average molecular weight is 698 g/mol. The number of rotatable bonds is 8. The number of para-hydroxylation sites is 1. The van der Waals surface area contributed by atoms with Crippen molar-refractivity contribution in [3.05, 3.63) is 102 Å². The molecule has 6 nitrogen and oxygen atoms in total. The topological polar surface area (TPSA) is 102 Å². The number of fused-ring (bicyclic) bond motifs is 1. The first-order valence-electron chi connectivity index (χ1n) is 11.0. The summed E-state index contributed by atoms with van der Waals surface area (Å²) in [6.45, 7) is 0.595. The number of ether oxygens (including phenoxy) is 1. The molecule has 4 aromatic rings. The van der Waals surface area contributed by atoms with E-state index in [1.807, 2.05) is 60.8 Å². The first kappa shape index (κ1) is 25.7. The van der Waals surface area contributed by atoms with Gasteiger partial charge in [-0.25, -0.2) is 0 Å². The number of carbonyl (C=O) groups is 1. The summed E-state index contributed by atoms with van der Waals surface area (Å²) in [5.74, 6) is 0.120. The van der Waals surface area contributed by atoms with E-state index >= 15 is 0 Å². The van der Waals surface area contributed by atoms with Gasteiger partial charge in [-0.2, -0.15) is 10.5 Å². The van der Waals surface area contributed by atoms with Crippen LogP contribution in [-0.2, 0) is 17.8 Å². The number of aromatic nitrogens is 1. The van der Waals surface area contributed by atoms with Crippen molar-refractivity contribution in [2.45, 2.75) is 13.0 Å². The number of benzene rings is 3. The minimum atomic E-state index is -0.438. The maximum absolute atomic E-state index is 12.8. The molecule has 1 aromatic heterocycles. The molecule has 0 atom stereocenters. The quantitative estimate of drug-likeness (QED) is 0.132. The Morgan fingerprint density at radius 3 is 2.64 bits per heavy atom. The third-order valence-corrected chi connectivity index (χ3v) is 6.99. The average Bonchev–Trinajstić information content (AvgIpc) is 3.29. The minimum Gasteiger partial charge on any atom is -0.487 e. The molecule has 0 saturated heterocycles. The van der Waals surface area contributed by atoms with Gasteiger partial charge in [-0.15, -0.1) is 0 Å². The molecular formula is C28H20I2N4O2. The molecule has 178 valence electrons. The first-order valence-corrected chi connectivity index (χ1v) is 13.2. The number of nitrogens with one attached hydrogen (secondary N) is 2. The van der Waals surface area contributed by atoms with Gasteiger partial charge >= 0.3 is 0 Å². The summed E-state index contributed by atoms with van der Waals surface area (Å²) in [6.07, 6.45) is 4.14. The summed E-state index contributed by atoms with van der Waals surface area (Å²) in [7, 11) is 0. The lowest BCUT2D eigenvalue weighted by atomic mass is 10.1. The highest BCUT2D eigenvalue weighted by atomic mass is 127. The Hall–Kier alpha value is -3.35. The third-order valence-electron chi connectivity index (χ3n) is 5.57. The molecular weight excluding hydrogens is 678 g/mol. The van der Waals surface area contributed by atoms with Crippen LogP contribution in [0.2, 0.25) is 0 Å². The Morgan fingerprint density at radius 2 is 1.83 bits per heavy atom. The maximum Gasteiger partial charge on any atom is 0.261 e. The van der Waals surface area contributed by atoms with E-state index in [1.165, 1.54) is 0 Å². The zero-order valence-corrected chi connectivity index (χ0v) is 23.3. The summed E-state index contributed by atoms with van der Waals surface area (Å²) in [6, 6.07) is 23.3. The molecule has 2 N–H and O–H groups in total. The molecule has 0 aliphatic rings. The highest BCUT2D eigenvalue weighted by Crippen LogP contribution is 2.31. The number of aromatic amines is 1. The Labute approximate surface area is 236 Å². The van der Waals surface area contributed by atoms with E-state index in [0.29, 0.717) is 29.8 Å². The summed E-state index contributed by atoms with van der Waals surface area (Å²) in [5, 5.41) is 23.1. The molecule has 0 bridgehead atoms. The van der Waals surface area contributed by atoms with E-state index in [9.17, 15) is 15.3 Å². The Bertz CT molecular complexity index is 1540. The largest absolute Gasteiger partial charge is 0.487 e. The van der Waals surface area contributed by atoms with Crippen molar-refractivity contribution in [1.29, 1.82) is 10.5 Å². The molecule has 0 aliphatic heterocycles. The van der Waals surface area contributed by atoms with Gasteiger partial charge in [-0.3, -0.25) is 4.79 Å². The number of hydrogen-bond acceptors (Lipinski definition) is 4. The lowest BCUT2D eigenvalue weighted by molar-refractivity contribution is -0.117. The molecule has 36 heavy (non-hydrogen) atoms. The van der Waals surface area contributed by atoms with Gasteiger partial charge in [0.25, 0.3) is 5.91 Å². The molecule has 3 aromatic carbocycles. The molecule has 1 heterocycles. The second-order valence-corrected chi connectivity index (χ2v) is 10.3. The number of hydrogen-bond donors (Lipinski definition) is 2. The van der Waals surface area contributed by atoms with Crippen molar-refractivity contribution < 1.29 is 9.53 Å². The standard InChI is InChI=1S/C28H20I2N4O2/c29-23-12-21(27(25(30)13-23)36-17-20-6-2-1-5-18(20)14-31)11-22(15-32)28(35)33-10-9-19-16-34-26-8-4-3-7-24(19)26/h1-8,11-13,16,34H,9-10,17H2,(H,33,35)/b22-11-. The SMILES string of the molecule is N#C/C(=C/c1cc(I)cc(I)c1OCc1ccccc1C#N)C(=O)NCCc1c[nH]c2ccccc12.